The van der Waals surface area contributed by atoms with Crippen LogP contribution in [0, 0.1) is 33.8 Å². The molecule has 1 amide bonds. The van der Waals surface area contributed by atoms with Crippen LogP contribution in [0.25, 0.3) is 0 Å². The highest BCUT2D eigenvalue weighted by atomic mass is 35.5. The number of aliphatic hydroxyl groups is 2. The summed E-state index contributed by atoms with van der Waals surface area (Å²) in [4.78, 5) is 34.6. The average Bonchev–Trinajstić information content (AvgIpc) is 4.15. The largest absolute Gasteiger partial charge is 0.514 e. The van der Waals surface area contributed by atoms with Crippen molar-refractivity contribution >= 4 is 41.1 Å². The number of carbonyl (C=O) groups is 2. The number of nitrogens with zero attached hydrogens (tertiary/aromatic N) is 1. The van der Waals surface area contributed by atoms with E-state index in [0.29, 0.717) is 44.4 Å². The van der Waals surface area contributed by atoms with E-state index in [2.05, 4.69) is 71.2 Å². The Morgan fingerprint density at radius 2 is 1.29 bits per heavy atom. The molecule has 2 saturated carbocycles. The van der Waals surface area contributed by atoms with Gasteiger partial charge in [0.2, 0.25) is 0 Å². The van der Waals surface area contributed by atoms with Crippen molar-refractivity contribution in [1.82, 2.24) is 5.32 Å². The number of carbonyl (C=O) groups excluding carboxylic acids is 2. The molecule has 1 aromatic rings. The molecular formula is C46H73Cl2N3O15. The summed E-state index contributed by atoms with van der Waals surface area (Å²) in [5.41, 5.74) is 3.28. The third-order valence-electron chi connectivity index (χ3n) is 12.4. The molecule has 2 unspecified atom stereocenters. The van der Waals surface area contributed by atoms with Gasteiger partial charge in [-0.2, -0.15) is 0 Å². The van der Waals surface area contributed by atoms with Crippen LogP contribution >= 0.6 is 23.2 Å². The summed E-state index contributed by atoms with van der Waals surface area (Å²) in [5, 5.41) is 30.1. The Labute approximate surface area is 399 Å². The summed E-state index contributed by atoms with van der Waals surface area (Å²) >= 11 is 9.53. The van der Waals surface area contributed by atoms with Crippen molar-refractivity contribution in [1.29, 1.82) is 0 Å². The normalized spacial score (nSPS) is 34.5. The average molecular weight is 979 g/mol. The monoisotopic (exact) mass is 977 g/mol. The standard InChI is InChI=1S/C23H29NO8.C19H31NO6.C2H7NO.CH2Cl2.CH4/c1-14(2)5-10-18-22(3,32-18)20-19(28-4)17(11-12-23(20)13-29-23)31-21(25)30-16-8-6-15(7-9-16)24(26)27;1-12(2)5-6-14-18(3,26-14)16-15(23-4)13(7-8-19(16)11-24-19)25-17(22)20-9-10-21;3-1-2-4;2-1-3;/h5-10,14,17-20H,11-13H2,1-4H3;5-6,12-16,21H,7-11H2,1-4H3,(H,20,22);4H,1-3H2;1H2;1H4/b10-5+;6-5+;;;/t17-,18-,19-,20?,22+,23+;13-,14-,15-,16?,18+,19+;;;/m11.../s1. The number of alkyl halides is 2. The molecule has 7 rings (SSSR count). The van der Waals surface area contributed by atoms with E-state index in [9.17, 15) is 19.7 Å². The number of methoxy groups -OCH3 is 2. The predicted molar refractivity (Wildman–Crippen MR) is 248 cm³/mol. The zero-order valence-electron chi connectivity index (χ0n) is 38.7. The van der Waals surface area contributed by atoms with Crippen molar-refractivity contribution in [2.75, 3.05) is 59.1 Å². The first-order valence-electron chi connectivity index (χ1n) is 22.0. The van der Waals surface area contributed by atoms with Gasteiger partial charge in [-0.15, -0.1) is 23.2 Å². The van der Waals surface area contributed by atoms with Gasteiger partial charge in [0.1, 0.15) is 64.8 Å². The maximum absolute atomic E-state index is 12.4. The van der Waals surface area contributed by atoms with E-state index < -0.39 is 35.0 Å². The van der Waals surface area contributed by atoms with Gasteiger partial charge in [-0.3, -0.25) is 10.1 Å². The fraction of sp³-hybridized carbons (Fsp3) is 0.739. The molecule has 18 nitrogen and oxygen atoms in total. The molecule has 4 saturated heterocycles. The molecule has 6 fully saturated rings. The number of nitrogens with one attached hydrogen (secondary N) is 1. The Balaban J connectivity index is 0.000000308. The molecule has 6 aliphatic rings. The zero-order valence-corrected chi connectivity index (χ0v) is 40.2. The number of benzene rings is 1. The van der Waals surface area contributed by atoms with Gasteiger partial charge in [-0.05, 0) is 63.5 Å². The maximum atomic E-state index is 12.4. The van der Waals surface area contributed by atoms with E-state index in [1.165, 1.54) is 24.3 Å². The Hall–Kier alpha value is -3.14. The molecule has 12 atom stereocenters. The molecule has 0 aromatic heterocycles. The van der Waals surface area contributed by atoms with Crippen molar-refractivity contribution in [2.24, 2.45) is 29.4 Å². The Morgan fingerprint density at radius 1 is 0.864 bits per heavy atom. The Bertz CT molecular complexity index is 1750. The lowest BCUT2D eigenvalue weighted by Crippen LogP contribution is -2.56. The summed E-state index contributed by atoms with van der Waals surface area (Å²) in [7, 11) is 3.24. The second-order valence-corrected chi connectivity index (χ2v) is 18.6. The number of amides is 1. The quantitative estimate of drug-likeness (QED) is 0.0272. The number of rotatable bonds is 15. The highest BCUT2D eigenvalue weighted by Gasteiger charge is 2.73. The minimum atomic E-state index is -0.879. The van der Waals surface area contributed by atoms with Gasteiger partial charge in [0.05, 0.1) is 48.5 Å². The molecule has 2 spiro atoms. The number of nitro benzene ring substituents is 1. The highest BCUT2D eigenvalue weighted by molar-refractivity contribution is 6.40. The topological polar surface area (TPSA) is 252 Å². The molecule has 5 N–H and O–H groups in total. The van der Waals surface area contributed by atoms with Crippen LogP contribution in [0.3, 0.4) is 0 Å². The summed E-state index contributed by atoms with van der Waals surface area (Å²) < 4.78 is 52.0. The van der Waals surface area contributed by atoms with Gasteiger partial charge in [-0.1, -0.05) is 59.4 Å². The first-order valence-corrected chi connectivity index (χ1v) is 23.1. The van der Waals surface area contributed by atoms with E-state index >= 15 is 0 Å². The van der Waals surface area contributed by atoms with Crippen molar-refractivity contribution in [3.05, 3.63) is 58.7 Å². The number of allylic oxidation sites excluding steroid dienone is 2. The van der Waals surface area contributed by atoms with Crippen LogP contribution in [-0.4, -0.2) is 145 Å². The number of alkyl carbamates (subject to hydrolysis) is 1. The van der Waals surface area contributed by atoms with Gasteiger partial charge in [0.25, 0.3) is 5.69 Å². The lowest BCUT2D eigenvalue weighted by Gasteiger charge is -2.42. The molecule has 20 heteroatoms. The number of epoxide rings is 4. The summed E-state index contributed by atoms with van der Waals surface area (Å²) in [5.74, 6) is 0.939. The van der Waals surface area contributed by atoms with Crippen molar-refractivity contribution < 1.29 is 67.4 Å². The van der Waals surface area contributed by atoms with Crippen LogP contribution in [0.1, 0.15) is 74.7 Å². The van der Waals surface area contributed by atoms with Crippen molar-refractivity contribution in [3.63, 3.8) is 0 Å². The van der Waals surface area contributed by atoms with Gasteiger partial charge in [-0.25, -0.2) is 9.59 Å². The second-order valence-electron chi connectivity index (χ2n) is 17.8. The number of hydrogen-bond acceptors (Lipinski definition) is 16. The van der Waals surface area contributed by atoms with Gasteiger partial charge in [0.15, 0.2) is 0 Å². The van der Waals surface area contributed by atoms with Gasteiger partial charge < -0.3 is 63.9 Å². The highest BCUT2D eigenvalue weighted by Crippen LogP contribution is 2.60. The molecule has 4 heterocycles. The zero-order chi connectivity index (χ0) is 48.2. The molecule has 66 heavy (non-hydrogen) atoms. The smallest absolute Gasteiger partial charge is 0.443 e. The van der Waals surface area contributed by atoms with Crippen LogP contribution in [0.4, 0.5) is 15.3 Å². The second kappa shape index (κ2) is 25.5. The summed E-state index contributed by atoms with van der Waals surface area (Å²) in [6, 6.07) is 5.24. The SMILES string of the molecule is C.CO[C@H]1C([C@@]2(C)O[C@@H]2/C=C/C(C)C)[C@]2(CC[C@H]1OC(=O)NCCO)CO2.CO[C@H]1C([C@@]2(C)O[C@@H]2/C=C/C(C)C)[C@]2(CC[C@H]1OC(=O)Oc1ccc([N+](=O)[O-])cc1)CO2.ClCCl.NCCO. The lowest BCUT2D eigenvalue weighted by molar-refractivity contribution is -0.384. The third-order valence-corrected chi connectivity index (χ3v) is 12.4. The summed E-state index contributed by atoms with van der Waals surface area (Å²) in [6.45, 7) is 14.5. The summed E-state index contributed by atoms with van der Waals surface area (Å²) in [6.07, 6.45) is 8.24. The third kappa shape index (κ3) is 14.7. The van der Waals surface area contributed by atoms with Crippen LogP contribution < -0.4 is 15.8 Å². The van der Waals surface area contributed by atoms with Crippen LogP contribution in [0.5, 0.6) is 5.75 Å². The fourth-order valence-electron chi connectivity index (χ4n) is 9.10. The van der Waals surface area contributed by atoms with E-state index in [-0.39, 0.29) is 97.0 Å². The van der Waals surface area contributed by atoms with E-state index in [4.69, 9.17) is 81.8 Å². The van der Waals surface area contributed by atoms with Crippen molar-refractivity contribution in [3.8, 4) is 5.75 Å². The number of nitrogens with two attached hydrogens (primary N) is 1. The predicted octanol–water partition coefficient (Wildman–Crippen LogP) is 6.67. The van der Waals surface area contributed by atoms with Crippen LogP contribution in [0.15, 0.2) is 48.6 Å². The van der Waals surface area contributed by atoms with Crippen molar-refractivity contribution in [2.45, 2.75) is 134 Å². The number of ether oxygens (including phenoxy) is 9. The molecule has 376 valence electrons. The maximum Gasteiger partial charge on any atom is 0.514 e. The fourth-order valence-corrected chi connectivity index (χ4v) is 9.10. The molecule has 0 bridgehead atoms. The first-order chi connectivity index (χ1) is 30.9. The lowest BCUT2D eigenvalue weighted by atomic mass is 9.68. The number of aliphatic hydroxyl groups excluding tert-OH is 2. The molecule has 2 aliphatic carbocycles. The minimum Gasteiger partial charge on any atom is -0.443 e. The number of hydrogen-bond donors (Lipinski definition) is 4. The first kappa shape index (κ1) is 57.2. The minimum absolute atomic E-state index is 0. The molecule has 1 aromatic carbocycles. The van der Waals surface area contributed by atoms with E-state index in [0.717, 1.165) is 12.8 Å². The molecule has 0 radical (unpaired) electrons. The number of non-ortho nitro benzene ring substituents is 1. The van der Waals surface area contributed by atoms with E-state index in [1.807, 2.05) is 0 Å². The number of halogens is 2. The van der Waals surface area contributed by atoms with E-state index in [1.54, 1.807) is 14.2 Å². The molecule has 4 aliphatic heterocycles. The Kier molecular flexibility index (Phi) is 22.1. The molecular weight excluding hydrogens is 905 g/mol. The van der Waals surface area contributed by atoms with Gasteiger partial charge in [0, 0.05) is 39.4 Å². The van der Waals surface area contributed by atoms with Crippen LogP contribution in [0.2, 0.25) is 0 Å². The van der Waals surface area contributed by atoms with Crippen LogP contribution in [-0.2, 0) is 37.9 Å². The Morgan fingerprint density at radius 3 is 1.64 bits per heavy atom. The number of nitro groups is 1. The van der Waals surface area contributed by atoms with Gasteiger partial charge >= 0.3 is 12.2 Å².